The maximum absolute atomic E-state index is 3.47. The number of unbranched alkanes of at least 4 members (excludes halogenated alkanes) is 1. The molecule has 1 heterocycles. The zero-order chi connectivity index (χ0) is 11.1. The molecule has 1 aliphatic rings. The highest BCUT2D eigenvalue weighted by atomic mass is 15.1. The molecular weight excluding hydrogens is 184 g/mol. The Kier molecular flexibility index (Phi) is 6.26. The number of rotatable bonds is 6. The van der Waals surface area contributed by atoms with Crippen molar-refractivity contribution in [3.8, 4) is 0 Å². The van der Waals surface area contributed by atoms with Crippen LogP contribution in [0.25, 0.3) is 0 Å². The summed E-state index contributed by atoms with van der Waals surface area (Å²) in [5, 5.41) is 3.47. The Morgan fingerprint density at radius 1 is 1.20 bits per heavy atom. The molecule has 0 spiro atoms. The first-order valence-corrected chi connectivity index (χ1v) is 6.64. The number of nitrogens with one attached hydrogen (secondary N) is 1. The Hall–Kier alpha value is -0.0800. The minimum atomic E-state index is 0.640. The van der Waals surface area contributed by atoms with Crippen molar-refractivity contribution in [1.29, 1.82) is 0 Å². The standard InChI is InChI=1S/C13H28N2/c1-12(2)14-8-4-5-9-15-10-6-13(3)7-11-15/h12-14H,4-11H2,1-3H3. The monoisotopic (exact) mass is 212 g/mol. The smallest absolute Gasteiger partial charge is 0.00103 e. The van der Waals surface area contributed by atoms with E-state index < -0.39 is 0 Å². The number of nitrogens with zero attached hydrogens (tertiary/aromatic N) is 1. The van der Waals surface area contributed by atoms with Gasteiger partial charge in [0.2, 0.25) is 0 Å². The van der Waals surface area contributed by atoms with Crippen LogP contribution in [-0.4, -0.2) is 37.1 Å². The molecule has 0 radical (unpaired) electrons. The lowest BCUT2D eigenvalue weighted by molar-refractivity contribution is 0.189. The average molecular weight is 212 g/mol. The summed E-state index contributed by atoms with van der Waals surface area (Å²) in [4.78, 5) is 2.63. The molecule has 0 aromatic rings. The van der Waals surface area contributed by atoms with Crippen LogP contribution in [0.2, 0.25) is 0 Å². The first-order chi connectivity index (χ1) is 7.18. The van der Waals surface area contributed by atoms with Gasteiger partial charge in [-0.2, -0.15) is 0 Å². The fraction of sp³-hybridized carbons (Fsp3) is 1.00. The molecule has 1 N–H and O–H groups in total. The quantitative estimate of drug-likeness (QED) is 0.681. The van der Waals surface area contributed by atoms with Crippen LogP contribution in [0.1, 0.15) is 46.5 Å². The lowest BCUT2D eigenvalue weighted by Crippen LogP contribution is -2.34. The molecule has 0 amide bonds. The van der Waals surface area contributed by atoms with Crippen LogP contribution >= 0.6 is 0 Å². The zero-order valence-electron chi connectivity index (χ0n) is 10.8. The van der Waals surface area contributed by atoms with Crippen LogP contribution < -0.4 is 5.32 Å². The van der Waals surface area contributed by atoms with Gasteiger partial charge in [0.15, 0.2) is 0 Å². The molecule has 1 rings (SSSR count). The molecule has 0 aromatic heterocycles. The van der Waals surface area contributed by atoms with Crippen molar-refractivity contribution in [2.45, 2.75) is 52.5 Å². The molecule has 2 heteroatoms. The summed E-state index contributed by atoms with van der Waals surface area (Å²) in [5.41, 5.74) is 0. The molecule has 1 fully saturated rings. The predicted octanol–water partition coefficient (Wildman–Crippen LogP) is 2.50. The van der Waals surface area contributed by atoms with Crippen LogP contribution in [0.4, 0.5) is 0 Å². The Labute approximate surface area is 95.4 Å². The lowest BCUT2D eigenvalue weighted by Gasteiger charge is -2.30. The fourth-order valence-electron chi connectivity index (χ4n) is 2.14. The molecule has 0 saturated carbocycles. The average Bonchev–Trinajstić information content (AvgIpc) is 2.20. The molecule has 0 atom stereocenters. The predicted molar refractivity (Wildman–Crippen MR) is 67.2 cm³/mol. The van der Waals surface area contributed by atoms with E-state index in [0.717, 1.165) is 5.92 Å². The van der Waals surface area contributed by atoms with Crippen molar-refractivity contribution in [1.82, 2.24) is 10.2 Å². The number of likely N-dealkylation sites (tertiary alicyclic amines) is 1. The molecule has 0 bridgehead atoms. The lowest BCUT2D eigenvalue weighted by atomic mass is 9.99. The van der Waals surface area contributed by atoms with Gasteiger partial charge < -0.3 is 10.2 Å². The molecular formula is C13H28N2. The van der Waals surface area contributed by atoms with E-state index in [0.29, 0.717) is 6.04 Å². The van der Waals surface area contributed by atoms with Crippen molar-refractivity contribution in [2.24, 2.45) is 5.92 Å². The van der Waals surface area contributed by atoms with Gasteiger partial charge in [-0.3, -0.25) is 0 Å². The van der Waals surface area contributed by atoms with Crippen LogP contribution in [-0.2, 0) is 0 Å². The maximum atomic E-state index is 3.47. The normalized spacial score (nSPS) is 20.0. The largest absolute Gasteiger partial charge is 0.315 e. The summed E-state index contributed by atoms with van der Waals surface area (Å²) in [5.74, 6) is 0.962. The molecule has 1 aliphatic heterocycles. The Balaban J connectivity index is 1.91. The summed E-state index contributed by atoms with van der Waals surface area (Å²) in [6.07, 6.45) is 5.49. The van der Waals surface area contributed by atoms with Gasteiger partial charge in [-0.25, -0.2) is 0 Å². The van der Waals surface area contributed by atoms with Crippen LogP contribution in [0.5, 0.6) is 0 Å². The van der Waals surface area contributed by atoms with Gasteiger partial charge in [-0.15, -0.1) is 0 Å². The first kappa shape index (κ1) is 13.0. The van der Waals surface area contributed by atoms with E-state index >= 15 is 0 Å². The van der Waals surface area contributed by atoms with Gasteiger partial charge in [0.1, 0.15) is 0 Å². The molecule has 0 aliphatic carbocycles. The van der Waals surface area contributed by atoms with Gasteiger partial charge in [0.25, 0.3) is 0 Å². The number of hydrogen-bond acceptors (Lipinski definition) is 2. The van der Waals surface area contributed by atoms with E-state index in [-0.39, 0.29) is 0 Å². The first-order valence-electron chi connectivity index (χ1n) is 6.64. The highest BCUT2D eigenvalue weighted by Gasteiger charge is 2.14. The second-order valence-electron chi connectivity index (χ2n) is 5.34. The van der Waals surface area contributed by atoms with Crippen molar-refractivity contribution >= 4 is 0 Å². The Morgan fingerprint density at radius 3 is 2.47 bits per heavy atom. The molecule has 1 saturated heterocycles. The Bertz CT molecular complexity index is 149. The fourth-order valence-corrected chi connectivity index (χ4v) is 2.14. The summed E-state index contributed by atoms with van der Waals surface area (Å²) >= 11 is 0. The minimum Gasteiger partial charge on any atom is -0.315 e. The van der Waals surface area contributed by atoms with Crippen molar-refractivity contribution in [3.63, 3.8) is 0 Å². The van der Waals surface area contributed by atoms with Crippen molar-refractivity contribution in [3.05, 3.63) is 0 Å². The zero-order valence-corrected chi connectivity index (χ0v) is 10.8. The third kappa shape index (κ3) is 6.16. The Morgan fingerprint density at radius 2 is 1.87 bits per heavy atom. The molecule has 15 heavy (non-hydrogen) atoms. The van der Waals surface area contributed by atoms with Crippen molar-refractivity contribution < 1.29 is 0 Å². The van der Waals surface area contributed by atoms with Gasteiger partial charge >= 0.3 is 0 Å². The highest BCUT2D eigenvalue weighted by molar-refractivity contribution is 4.69. The second kappa shape index (κ2) is 7.24. The summed E-state index contributed by atoms with van der Waals surface area (Å²) in [7, 11) is 0. The molecule has 0 unspecified atom stereocenters. The number of piperidine rings is 1. The highest BCUT2D eigenvalue weighted by Crippen LogP contribution is 2.15. The SMILES string of the molecule is CC1CCN(CCCCNC(C)C)CC1. The van der Waals surface area contributed by atoms with Crippen LogP contribution in [0.3, 0.4) is 0 Å². The van der Waals surface area contributed by atoms with Gasteiger partial charge in [-0.1, -0.05) is 20.8 Å². The summed E-state index contributed by atoms with van der Waals surface area (Å²) < 4.78 is 0. The van der Waals surface area contributed by atoms with E-state index in [2.05, 4.69) is 31.0 Å². The minimum absolute atomic E-state index is 0.640. The third-order valence-electron chi connectivity index (χ3n) is 3.33. The molecule has 90 valence electrons. The topological polar surface area (TPSA) is 15.3 Å². The van der Waals surface area contributed by atoms with E-state index in [4.69, 9.17) is 0 Å². The third-order valence-corrected chi connectivity index (χ3v) is 3.33. The number of hydrogen-bond donors (Lipinski definition) is 1. The van der Waals surface area contributed by atoms with Crippen molar-refractivity contribution in [2.75, 3.05) is 26.2 Å². The van der Waals surface area contributed by atoms with Crippen LogP contribution in [0.15, 0.2) is 0 Å². The van der Waals surface area contributed by atoms with Gasteiger partial charge in [0.05, 0.1) is 0 Å². The van der Waals surface area contributed by atoms with Gasteiger partial charge in [0, 0.05) is 6.04 Å². The molecule has 2 nitrogen and oxygen atoms in total. The maximum Gasteiger partial charge on any atom is 0.00103 e. The van der Waals surface area contributed by atoms with E-state index in [1.807, 2.05) is 0 Å². The van der Waals surface area contributed by atoms with Gasteiger partial charge in [-0.05, 0) is 57.8 Å². The van der Waals surface area contributed by atoms with E-state index in [1.165, 1.54) is 51.9 Å². The summed E-state index contributed by atoms with van der Waals surface area (Å²) in [6, 6.07) is 0.640. The van der Waals surface area contributed by atoms with E-state index in [9.17, 15) is 0 Å². The molecule has 0 aromatic carbocycles. The second-order valence-corrected chi connectivity index (χ2v) is 5.34. The summed E-state index contributed by atoms with van der Waals surface area (Å²) in [6.45, 7) is 12.0. The van der Waals surface area contributed by atoms with E-state index in [1.54, 1.807) is 0 Å². The van der Waals surface area contributed by atoms with Crippen LogP contribution in [0, 0.1) is 5.92 Å².